The summed E-state index contributed by atoms with van der Waals surface area (Å²) in [5.74, 6) is -1.45. The van der Waals surface area contributed by atoms with Crippen LogP contribution in [0.1, 0.15) is 18.1 Å². The molecule has 0 saturated carbocycles. The van der Waals surface area contributed by atoms with Crippen molar-refractivity contribution in [3.05, 3.63) is 54.0 Å². The van der Waals surface area contributed by atoms with Crippen LogP contribution in [0.2, 0.25) is 0 Å². The highest BCUT2D eigenvalue weighted by atomic mass is 35.5. The van der Waals surface area contributed by atoms with Gasteiger partial charge in [0.2, 0.25) is 0 Å². The van der Waals surface area contributed by atoms with Gasteiger partial charge < -0.3 is 0 Å². The quantitative estimate of drug-likeness (QED) is 0.669. The zero-order chi connectivity index (χ0) is 14.3. The van der Waals surface area contributed by atoms with E-state index in [9.17, 15) is 8.78 Å². The van der Waals surface area contributed by atoms with Crippen molar-refractivity contribution in [3.8, 4) is 5.69 Å². The van der Waals surface area contributed by atoms with Crippen molar-refractivity contribution in [1.29, 1.82) is 0 Å². The summed E-state index contributed by atoms with van der Waals surface area (Å²) in [7, 11) is 0. The first-order valence-electron chi connectivity index (χ1n) is 6.01. The van der Waals surface area contributed by atoms with Gasteiger partial charge in [-0.15, -0.1) is 11.6 Å². The van der Waals surface area contributed by atoms with Crippen molar-refractivity contribution in [2.24, 2.45) is 0 Å². The van der Waals surface area contributed by atoms with Crippen molar-refractivity contribution >= 4 is 22.8 Å². The Morgan fingerprint density at radius 3 is 2.75 bits per heavy atom. The van der Waals surface area contributed by atoms with Gasteiger partial charge in [0.15, 0.2) is 17.3 Å². The molecule has 0 saturated heterocycles. The van der Waals surface area contributed by atoms with Gasteiger partial charge in [-0.3, -0.25) is 4.57 Å². The van der Waals surface area contributed by atoms with E-state index in [2.05, 4.69) is 9.97 Å². The number of hydrogen-bond donors (Lipinski definition) is 0. The van der Waals surface area contributed by atoms with Crippen molar-refractivity contribution in [2.75, 3.05) is 0 Å². The Kier molecular flexibility index (Phi) is 3.14. The Morgan fingerprint density at radius 1 is 1.20 bits per heavy atom. The Labute approximate surface area is 118 Å². The van der Waals surface area contributed by atoms with E-state index in [1.165, 1.54) is 16.7 Å². The number of aromatic nitrogens is 3. The van der Waals surface area contributed by atoms with Gasteiger partial charge in [-0.2, -0.15) is 0 Å². The van der Waals surface area contributed by atoms with E-state index in [1.807, 2.05) is 0 Å². The lowest BCUT2D eigenvalue weighted by Crippen LogP contribution is -2.06. The van der Waals surface area contributed by atoms with E-state index in [1.54, 1.807) is 25.3 Å². The molecular weight excluding hydrogens is 284 g/mol. The molecular formula is C14H10ClF2N3. The molecule has 0 amide bonds. The van der Waals surface area contributed by atoms with Crippen molar-refractivity contribution in [2.45, 2.75) is 12.3 Å². The summed E-state index contributed by atoms with van der Waals surface area (Å²) in [4.78, 5) is 8.52. The zero-order valence-corrected chi connectivity index (χ0v) is 11.3. The number of rotatable bonds is 2. The average Bonchev–Trinajstić information content (AvgIpc) is 2.81. The fraction of sp³-hybridized carbons (Fsp3) is 0.143. The summed E-state index contributed by atoms with van der Waals surface area (Å²) in [5.41, 5.74) is 1.08. The molecule has 0 aliphatic rings. The minimum atomic E-state index is -0.948. The Bertz CT molecular complexity index is 783. The molecule has 3 rings (SSSR count). The molecule has 3 nitrogen and oxygen atoms in total. The summed E-state index contributed by atoms with van der Waals surface area (Å²) in [6.45, 7) is 1.72. The highest BCUT2D eigenvalue weighted by Gasteiger charge is 2.20. The molecule has 0 N–H and O–H groups in total. The first-order valence-corrected chi connectivity index (χ1v) is 6.45. The lowest BCUT2D eigenvalue weighted by atomic mass is 10.2. The topological polar surface area (TPSA) is 30.7 Å². The maximum absolute atomic E-state index is 14.0. The normalized spacial score (nSPS) is 12.8. The minimum Gasteiger partial charge on any atom is -0.276 e. The molecule has 0 fully saturated rings. The third-order valence-corrected chi connectivity index (χ3v) is 3.17. The summed E-state index contributed by atoms with van der Waals surface area (Å²) < 4.78 is 28.9. The van der Waals surface area contributed by atoms with Gasteiger partial charge in [-0.1, -0.05) is 6.07 Å². The first-order chi connectivity index (χ1) is 9.59. The van der Waals surface area contributed by atoms with Crippen LogP contribution in [0.4, 0.5) is 8.78 Å². The van der Waals surface area contributed by atoms with E-state index < -0.39 is 17.0 Å². The lowest BCUT2D eigenvalue weighted by Gasteiger charge is -2.11. The third-order valence-electron chi connectivity index (χ3n) is 2.97. The molecule has 2 heterocycles. The number of alkyl halides is 1. The lowest BCUT2D eigenvalue weighted by molar-refractivity contribution is 0.504. The van der Waals surface area contributed by atoms with Crippen molar-refractivity contribution in [1.82, 2.24) is 14.5 Å². The number of benzene rings is 1. The molecule has 1 aromatic carbocycles. The minimum absolute atomic E-state index is 0.0497. The van der Waals surface area contributed by atoms with Crippen LogP contribution in [0.3, 0.4) is 0 Å². The highest BCUT2D eigenvalue weighted by molar-refractivity contribution is 6.20. The first kappa shape index (κ1) is 13.0. The van der Waals surface area contributed by atoms with Crippen molar-refractivity contribution < 1.29 is 8.78 Å². The van der Waals surface area contributed by atoms with Crippen molar-refractivity contribution in [3.63, 3.8) is 0 Å². The van der Waals surface area contributed by atoms with Crippen LogP contribution in [0.15, 0.2) is 36.5 Å². The van der Waals surface area contributed by atoms with E-state index in [4.69, 9.17) is 11.6 Å². The van der Waals surface area contributed by atoms with Crippen LogP contribution < -0.4 is 0 Å². The Balaban J connectivity index is 2.39. The van der Waals surface area contributed by atoms with E-state index in [0.717, 1.165) is 6.07 Å². The van der Waals surface area contributed by atoms with Crippen LogP contribution in [0.25, 0.3) is 16.9 Å². The molecule has 0 radical (unpaired) electrons. The zero-order valence-electron chi connectivity index (χ0n) is 10.5. The van der Waals surface area contributed by atoms with Crippen LogP contribution in [0.5, 0.6) is 0 Å². The Hall–Kier alpha value is -2.01. The van der Waals surface area contributed by atoms with Gasteiger partial charge >= 0.3 is 0 Å². The molecule has 0 aliphatic carbocycles. The number of imidazole rings is 1. The molecule has 0 spiro atoms. The maximum Gasteiger partial charge on any atom is 0.182 e. The van der Waals surface area contributed by atoms with Crippen LogP contribution in [-0.4, -0.2) is 14.5 Å². The SMILES string of the molecule is CC(Cl)c1nc2cccnc2n1-c1cccc(F)c1F. The predicted molar refractivity (Wildman–Crippen MR) is 73.0 cm³/mol. The second kappa shape index (κ2) is 4.83. The number of hydrogen-bond acceptors (Lipinski definition) is 2. The molecule has 20 heavy (non-hydrogen) atoms. The Morgan fingerprint density at radius 2 is 2.00 bits per heavy atom. The van der Waals surface area contributed by atoms with Crippen LogP contribution >= 0.6 is 11.6 Å². The molecule has 0 aliphatic heterocycles. The third kappa shape index (κ3) is 1.94. The monoisotopic (exact) mass is 293 g/mol. The van der Waals surface area contributed by atoms with Gasteiger partial charge in [0.1, 0.15) is 11.3 Å². The van der Waals surface area contributed by atoms with Gasteiger partial charge in [-0.05, 0) is 31.2 Å². The van der Waals surface area contributed by atoms with E-state index in [0.29, 0.717) is 17.0 Å². The smallest absolute Gasteiger partial charge is 0.182 e. The van der Waals surface area contributed by atoms with Gasteiger partial charge in [0, 0.05) is 6.20 Å². The summed E-state index contributed by atoms with van der Waals surface area (Å²) in [5, 5.41) is -0.466. The molecule has 6 heteroatoms. The fourth-order valence-corrected chi connectivity index (χ4v) is 2.25. The summed E-state index contributed by atoms with van der Waals surface area (Å²) in [6, 6.07) is 7.44. The fourth-order valence-electron chi connectivity index (χ4n) is 2.10. The number of halogens is 3. The molecule has 1 unspecified atom stereocenters. The summed E-state index contributed by atoms with van der Waals surface area (Å²) in [6.07, 6.45) is 1.57. The van der Waals surface area contributed by atoms with E-state index >= 15 is 0 Å². The predicted octanol–water partition coefficient (Wildman–Crippen LogP) is 4.00. The van der Waals surface area contributed by atoms with Gasteiger partial charge in [-0.25, -0.2) is 18.7 Å². The molecule has 102 valence electrons. The standard InChI is InChI=1S/C14H10ClF2N3/c1-8(15)13-19-10-5-3-7-18-14(10)20(13)11-6-2-4-9(16)12(11)17/h2-8H,1H3. The molecule has 3 aromatic rings. The highest BCUT2D eigenvalue weighted by Crippen LogP contribution is 2.28. The second-order valence-corrected chi connectivity index (χ2v) is 5.00. The molecule has 1 atom stereocenters. The second-order valence-electron chi connectivity index (χ2n) is 4.34. The molecule has 2 aromatic heterocycles. The number of pyridine rings is 1. The molecule has 0 bridgehead atoms. The number of fused-ring (bicyclic) bond motifs is 1. The average molecular weight is 294 g/mol. The van der Waals surface area contributed by atoms with Crippen LogP contribution in [0, 0.1) is 11.6 Å². The number of nitrogens with zero attached hydrogens (tertiary/aromatic N) is 3. The van der Waals surface area contributed by atoms with Gasteiger partial charge in [0.05, 0.1) is 11.1 Å². The van der Waals surface area contributed by atoms with E-state index in [-0.39, 0.29) is 5.69 Å². The van der Waals surface area contributed by atoms with Crippen LogP contribution in [-0.2, 0) is 0 Å². The summed E-state index contributed by atoms with van der Waals surface area (Å²) >= 11 is 6.09. The largest absolute Gasteiger partial charge is 0.276 e. The maximum atomic E-state index is 14.0. The van der Waals surface area contributed by atoms with Gasteiger partial charge in [0.25, 0.3) is 0 Å².